The van der Waals surface area contributed by atoms with Gasteiger partial charge < -0.3 is 9.64 Å². The summed E-state index contributed by atoms with van der Waals surface area (Å²) in [6.07, 6.45) is 2.81. The van der Waals surface area contributed by atoms with Crippen LogP contribution >= 0.6 is 23.2 Å². The van der Waals surface area contributed by atoms with Gasteiger partial charge in [0.1, 0.15) is 0 Å². The summed E-state index contributed by atoms with van der Waals surface area (Å²) >= 11 is 11.7. The second-order valence-corrected chi connectivity index (χ2v) is 6.79. The number of nitrogens with zero attached hydrogens (tertiary/aromatic N) is 1. The Morgan fingerprint density at radius 2 is 1.73 bits per heavy atom. The van der Waals surface area contributed by atoms with Gasteiger partial charge in [-0.25, -0.2) is 4.79 Å². The molecule has 0 unspecified atom stereocenters. The highest BCUT2D eigenvalue weighted by Gasteiger charge is 2.20. The summed E-state index contributed by atoms with van der Waals surface area (Å²) in [6, 6.07) is 14.5. The lowest BCUT2D eigenvalue weighted by molar-refractivity contribution is -0.134. The van der Waals surface area contributed by atoms with E-state index >= 15 is 0 Å². The zero-order chi connectivity index (χ0) is 18.5. The molecule has 0 N–H and O–H groups in total. The highest BCUT2D eigenvalue weighted by atomic mass is 35.5. The first-order valence-corrected chi connectivity index (χ1v) is 8.94. The van der Waals surface area contributed by atoms with Crippen molar-refractivity contribution in [1.29, 1.82) is 0 Å². The summed E-state index contributed by atoms with van der Waals surface area (Å²) in [5.41, 5.74) is 2.62. The normalized spacial score (nSPS) is 13.9. The maximum Gasteiger partial charge on any atom is 0.338 e. The van der Waals surface area contributed by atoms with Crippen LogP contribution in [0, 0.1) is 0 Å². The zero-order valence-corrected chi connectivity index (χ0v) is 15.5. The number of ether oxygens (including phenoxy) is 1. The van der Waals surface area contributed by atoms with E-state index in [1.165, 1.54) is 29.3 Å². The summed E-state index contributed by atoms with van der Waals surface area (Å²) < 4.78 is 5.10. The topological polar surface area (TPSA) is 46.6 Å². The lowest BCUT2D eigenvalue weighted by Crippen LogP contribution is -2.37. The number of benzene rings is 2. The van der Waals surface area contributed by atoms with E-state index in [-0.39, 0.29) is 18.1 Å². The average molecular weight is 390 g/mol. The van der Waals surface area contributed by atoms with Crippen molar-refractivity contribution in [2.45, 2.75) is 6.42 Å². The third-order valence-corrected chi connectivity index (χ3v) is 4.57. The molecule has 1 aliphatic heterocycles. The Bertz CT molecular complexity index is 829. The van der Waals surface area contributed by atoms with E-state index in [1.807, 2.05) is 24.3 Å². The van der Waals surface area contributed by atoms with Gasteiger partial charge in [-0.05, 0) is 35.8 Å². The van der Waals surface area contributed by atoms with Crippen molar-refractivity contribution in [3.63, 3.8) is 0 Å². The van der Waals surface area contributed by atoms with Gasteiger partial charge >= 0.3 is 5.97 Å². The Balaban J connectivity index is 1.54. The molecule has 2 aromatic rings. The van der Waals surface area contributed by atoms with Gasteiger partial charge in [-0.2, -0.15) is 0 Å². The zero-order valence-electron chi connectivity index (χ0n) is 14.0. The summed E-state index contributed by atoms with van der Waals surface area (Å²) in [6.45, 7) is 0.793. The molecule has 1 amide bonds. The molecule has 0 radical (unpaired) electrons. The molecule has 1 heterocycles. The first kappa shape index (κ1) is 18.5. The third-order valence-electron chi connectivity index (χ3n) is 4.13. The molecule has 0 spiro atoms. The van der Waals surface area contributed by atoms with Gasteiger partial charge in [0.15, 0.2) is 6.61 Å². The standard InChI is InChI=1S/C20H17Cl2NO3/c21-17-10-16(11-18(22)12-17)20(25)26-13-19(24)23-8-6-15(7-9-23)14-4-2-1-3-5-14/h1-6,10-12H,7-9,13H2. The minimum atomic E-state index is -0.625. The van der Waals surface area contributed by atoms with Crippen molar-refractivity contribution in [2.75, 3.05) is 19.7 Å². The Morgan fingerprint density at radius 3 is 2.35 bits per heavy atom. The van der Waals surface area contributed by atoms with Crippen molar-refractivity contribution < 1.29 is 14.3 Å². The number of hydrogen-bond donors (Lipinski definition) is 0. The SMILES string of the molecule is O=C(OCC(=O)N1CC=C(c2ccccc2)CC1)c1cc(Cl)cc(Cl)c1. The quantitative estimate of drug-likeness (QED) is 0.724. The van der Waals surface area contributed by atoms with Crippen LogP contribution in [0.1, 0.15) is 22.3 Å². The summed E-state index contributed by atoms with van der Waals surface area (Å²) in [4.78, 5) is 26.0. The van der Waals surface area contributed by atoms with Crippen LogP contribution in [0.15, 0.2) is 54.6 Å². The number of esters is 1. The number of rotatable bonds is 4. The van der Waals surface area contributed by atoms with Crippen LogP contribution in [0.2, 0.25) is 10.0 Å². The fourth-order valence-electron chi connectivity index (χ4n) is 2.78. The van der Waals surface area contributed by atoms with Gasteiger partial charge in [-0.3, -0.25) is 4.79 Å². The average Bonchev–Trinajstić information content (AvgIpc) is 2.66. The van der Waals surface area contributed by atoms with Crippen molar-refractivity contribution in [3.8, 4) is 0 Å². The largest absolute Gasteiger partial charge is 0.452 e. The Morgan fingerprint density at radius 1 is 1.04 bits per heavy atom. The fourth-order valence-corrected chi connectivity index (χ4v) is 3.31. The highest BCUT2D eigenvalue weighted by molar-refractivity contribution is 6.35. The lowest BCUT2D eigenvalue weighted by atomic mass is 10.00. The Hall–Kier alpha value is -2.30. The molecular weight excluding hydrogens is 373 g/mol. The van der Waals surface area contributed by atoms with Gasteiger partial charge in [0.25, 0.3) is 5.91 Å². The summed E-state index contributed by atoms with van der Waals surface area (Å²) in [7, 11) is 0. The molecular formula is C20H17Cl2NO3. The predicted octanol–water partition coefficient (Wildman–Crippen LogP) is 4.47. The number of amides is 1. The molecule has 0 fully saturated rings. The van der Waals surface area contributed by atoms with Crippen LogP contribution in [0.5, 0.6) is 0 Å². The van der Waals surface area contributed by atoms with Crippen LogP contribution in [0.3, 0.4) is 0 Å². The fraction of sp³-hybridized carbons (Fsp3) is 0.200. The second kappa shape index (κ2) is 8.39. The van der Waals surface area contributed by atoms with E-state index in [0.717, 1.165) is 6.42 Å². The maximum absolute atomic E-state index is 12.3. The number of carbonyl (C=O) groups is 2. The minimum Gasteiger partial charge on any atom is -0.452 e. The predicted molar refractivity (Wildman–Crippen MR) is 102 cm³/mol. The van der Waals surface area contributed by atoms with Gasteiger partial charge in [-0.15, -0.1) is 0 Å². The Kier molecular flexibility index (Phi) is 5.96. The van der Waals surface area contributed by atoms with E-state index in [9.17, 15) is 9.59 Å². The molecule has 0 bridgehead atoms. The molecule has 4 nitrogen and oxygen atoms in total. The Labute approximate surface area is 162 Å². The van der Waals surface area contributed by atoms with Gasteiger partial charge in [0.05, 0.1) is 5.56 Å². The monoisotopic (exact) mass is 389 g/mol. The van der Waals surface area contributed by atoms with Crippen molar-refractivity contribution in [3.05, 3.63) is 75.8 Å². The van der Waals surface area contributed by atoms with Crippen LogP contribution in [0.4, 0.5) is 0 Å². The molecule has 3 rings (SSSR count). The van der Waals surface area contributed by atoms with E-state index < -0.39 is 5.97 Å². The van der Waals surface area contributed by atoms with E-state index in [1.54, 1.807) is 4.90 Å². The number of halogens is 2. The smallest absolute Gasteiger partial charge is 0.338 e. The van der Waals surface area contributed by atoms with Crippen molar-refractivity contribution in [1.82, 2.24) is 4.90 Å². The van der Waals surface area contributed by atoms with Gasteiger partial charge in [0, 0.05) is 23.1 Å². The summed E-state index contributed by atoms with van der Waals surface area (Å²) in [5, 5.41) is 0.677. The number of carbonyl (C=O) groups excluding carboxylic acids is 2. The molecule has 0 saturated heterocycles. The van der Waals surface area contributed by atoms with Crippen molar-refractivity contribution >= 4 is 40.7 Å². The van der Waals surface area contributed by atoms with Gasteiger partial charge in [-0.1, -0.05) is 59.6 Å². The van der Waals surface area contributed by atoms with E-state index in [2.05, 4.69) is 12.1 Å². The van der Waals surface area contributed by atoms with Gasteiger partial charge in [0.2, 0.25) is 0 Å². The molecule has 1 aliphatic rings. The minimum absolute atomic E-state index is 0.222. The van der Waals surface area contributed by atoms with E-state index in [0.29, 0.717) is 23.1 Å². The molecule has 0 aromatic heterocycles. The molecule has 6 heteroatoms. The molecule has 2 aromatic carbocycles. The molecule has 0 saturated carbocycles. The first-order chi connectivity index (χ1) is 12.5. The summed E-state index contributed by atoms with van der Waals surface area (Å²) in [5.74, 6) is -0.852. The number of hydrogen-bond acceptors (Lipinski definition) is 3. The first-order valence-electron chi connectivity index (χ1n) is 8.18. The molecule has 0 aliphatic carbocycles. The molecule has 0 atom stereocenters. The van der Waals surface area contributed by atoms with Crippen LogP contribution < -0.4 is 0 Å². The van der Waals surface area contributed by atoms with Crippen LogP contribution in [-0.4, -0.2) is 36.5 Å². The van der Waals surface area contributed by atoms with Crippen LogP contribution in [-0.2, 0) is 9.53 Å². The maximum atomic E-state index is 12.3. The molecule has 134 valence electrons. The van der Waals surface area contributed by atoms with Crippen molar-refractivity contribution in [2.24, 2.45) is 0 Å². The third kappa shape index (κ3) is 4.65. The second-order valence-electron chi connectivity index (χ2n) is 5.92. The van der Waals surface area contributed by atoms with E-state index in [4.69, 9.17) is 27.9 Å². The lowest BCUT2D eigenvalue weighted by Gasteiger charge is -2.26. The highest BCUT2D eigenvalue weighted by Crippen LogP contribution is 2.22. The van der Waals surface area contributed by atoms with Crippen LogP contribution in [0.25, 0.3) is 5.57 Å². The molecule has 26 heavy (non-hydrogen) atoms.